The lowest BCUT2D eigenvalue weighted by molar-refractivity contribution is -0.100. The number of phenolic OH excluding ortho intramolecular Hbond substituents is 1. The number of piperidine rings is 1. The number of amides is 1. The second-order valence-corrected chi connectivity index (χ2v) is 12.8. The van der Waals surface area contributed by atoms with E-state index in [-0.39, 0.29) is 28.6 Å². The van der Waals surface area contributed by atoms with Crippen LogP contribution in [-0.4, -0.2) is 52.5 Å². The first-order chi connectivity index (χ1) is 19.0. The largest absolute Gasteiger partial charge is 0.508 e. The van der Waals surface area contributed by atoms with Gasteiger partial charge in [0.15, 0.2) is 0 Å². The fourth-order valence-corrected chi connectivity index (χ4v) is 10.3. The first-order valence-corrected chi connectivity index (χ1v) is 14.7. The Morgan fingerprint density at radius 2 is 1.85 bits per heavy atom. The highest BCUT2D eigenvalue weighted by atomic mass is 19.1. The molecular weight excluding hydrogens is 487 g/mol. The highest BCUT2D eigenvalue weighted by Crippen LogP contribution is 2.75. The van der Waals surface area contributed by atoms with Crippen LogP contribution in [-0.2, 0) is 18.3 Å². The van der Waals surface area contributed by atoms with E-state index in [4.69, 9.17) is 0 Å². The molecule has 2 saturated carbocycles. The number of aromatic hydroxyl groups is 1. The average Bonchev–Trinajstić information content (AvgIpc) is 3.40. The van der Waals surface area contributed by atoms with E-state index >= 15 is 0 Å². The van der Waals surface area contributed by atoms with Gasteiger partial charge in [0, 0.05) is 36.2 Å². The molecule has 0 aromatic heterocycles. The molecule has 200 valence electrons. The molecule has 0 spiro atoms. The van der Waals surface area contributed by atoms with Gasteiger partial charge in [0.25, 0.3) is 5.91 Å². The molecule has 4 nitrogen and oxygen atoms in total. The van der Waals surface area contributed by atoms with Crippen molar-refractivity contribution >= 4 is 5.91 Å². The summed E-state index contributed by atoms with van der Waals surface area (Å²) in [7, 11) is 0. The van der Waals surface area contributed by atoms with Crippen molar-refractivity contribution in [3.8, 4) is 5.75 Å². The van der Waals surface area contributed by atoms with Crippen LogP contribution in [0, 0.1) is 23.1 Å². The lowest BCUT2D eigenvalue weighted by Crippen LogP contribution is -2.69. The molecule has 3 aromatic rings. The Kier molecular flexibility index (Phi) is 5.11. The minimum atomic E-state index is -0.179. The smallest absolute Gasteiger partial charge is 0.254 e. The molecule has 1 N–H and O–H groups in total. The molecule has 5 heteroatoms. The van der Waals surface area contributed by atoms with Crippen LogP contribution in [0.2, 0.25) is 0 Å². The summed E-state index contributed by atoms with van der Waals surface area (Å²) in [4.78, 5) is 18.7. The Hall–Kier alpha value is -3.18. The van der Waals surface area contributed by atoms with Gasteiger partial charge < -0.3 is 10.0 Å². The lowest BCUT2D eigenvalue weighted by atomic mass is 9.43. The van der Waals surface area contributed by atoms with Crippen molar-refractivity contribution in [2.45, 2.75) is 56.0 Å². The topological polar surface area (TPSA) is 43.8 Å². The van der Waals surface area contributed by atoms with Gasteiger partial charge >= 0.3 is 0 Å². The predicted molar refractivity (Wildman–Crippen MR) is 148 cm³/mol. The molecule has 5 unspecified atom stereocenters. The van der Waals surface area contributed by atoms with E-state index in [0.717, 1.165) is 57.3 Å². The average molecular weight is 523 g/mol. The first-order valence-electron chi connectivity index (χ1n) is 14.7. The third-order valence-electron chi connectivity index (χ3n) is 11.5. The molecular formula is C34H35FN2O2. The van der Waals surface area contributed by atoms with E-state index in [1.807, 2.05) is 48.5 Å². The van der Waals surface area contributed by atoms with Gasteiger partial charge in [-0.25, -0.2) is 4.39 Å². The maximum atomic E-state index is 13.7. The standard InChI is InChI=1S/C34H35FN2O2/c35-26-9-6-22(7-10-26)13-16-36-17-15-34-28-19-27(38)11-8-24(28)18-30(36)33(34)14-12-29-31(34)25(20-33)21-37(29)32(39)23-4-2-1-3-5-23/h1-11,19,25,29-31,38H,12-18,20-21H2/t25-,29?,30?,31?,33?,34?/m1/s1. The molecule has 1 amide bonds. The fraction of sp³-hybridized carbons (Fsp3) is 0.441. The molecule has 4 fully saturated rings. The second kappa shape index (κ2) is 8.41. The van der Waals surface area contributed by atoms with Gasteiger partial charge in [0.1, 0.15) is 11.6 Å². The van der Waals surface area contributed by atoms with Crippen molar-refractivity contribution in [2.24, 2.45) is 17.3 Å². The molecule has 2 saturated heterocycles. The summed E-state index contributed by atoms with van der Waals surface area (Å²) >= 11 is 0. The van der Waals surface area contributed by atoms with Crippen LogP contribution >= 0.6 is 0 Å². The molecule has 39 heavy (non-hydrogen) atoms. The number of rotatable bonds is 4. The SMILES string of the molecule is O=C(c1ccccc1)N1C[C@H]2CC34CCC1C2C31CCN(CCc2ccc(F)cc2)C4Cc2ccc(O)cc21. The molecule has 6 atom stereocenters. The molecule has 3 aromatic carbocycles. The summed E-state index contributed by atoms with van der Waals surface area (Å²) in [6, 6.07) is 23.6. The van der Waals surface area contributed by atoms with Crippen LogP contribution in [0.5, 0.6) is 5.75 Å². The zero-order chi connectivity index (χ0) is 26.4. The molecule has 2 aliphatic heterocycles. The van der Waals surface area contributed by atoms with Gasteiger partial charge in [0.2, 0.25) is 0 Å². The molecule has 3 aliphatic carbocycles. The quantitative estimate of drug-likeness (QED) is 0.486. The van der Waals surface area contributed by atoms with Gasteiger partial charge in [-0.05, 0) is 115 Å². The number of likely N-dealkylation sites (tertiary alicyclic amines) is 2. The second-order valence-electron chi connectivity index (χ2n) is 12.8. The fourth-order valence-electron chi connectivity index (χ4n) is 10.3. The summed E-state index contributed by atoms with van der Waals surface area (Å²) in [5.74, 6) is 1.31. The van der Waals surface area contributed by atoms with Gasteiger partial charge in [-0.1, -0.05) is 36.4 Å². The number of phenols is 1. The van der Waals surface area contributed by atoms with Crippen LogP contribution in [0.4, 0.5) is 4.39 Å². The summed E-state index contributed by atoms with van der Waals surface area (Å²) in [6.45, 7) is 2.87. The molecule has 5 aliphatic rings. The van der Waals surface area contributed by atoms with Crippen molar-refractivity contribution in [1.82, 2.24) is 9.80 Å². The zero-order valence-corrected chi connectivity index (χ0v) is 22.2. The summed E-state index contributed by atoms with van der Waals surface area (Å²) in [6.07, 6.45) is 6.40. The predicted octanol–water partition coefficient (Wildman–Crippen LogP) is 5.58. The summed E-state index contributed by atoms with van der Waals surface area (Å²) < 4.78 is 13.5. The Morgan fingerprint density at radius 1 is 1.03 bits per heavy atom. The number of carbonyl (C=O) groups excluding carboxylic acids is 1. The van der Waals surface area contributed by atoms with E-state index in [0.29, 0.717) is 23.6 Å². The van der Waals surface area contributed by atoms with Crippen molar-refractivity contribution in [3.05, 3.63) is 101 Å². The van der Waals surface area contributed by atoms with Crippen molar-refractivity contribution in [1.29, 1.82) is 0 Å². The van der Waals surface area contributed by atoms with Crippen LogP contribution in [0.25, 0.3) is 0 Å². The maximum absolute atomic E-state index is 13.7. The van der Waals surface area contributed by atoms with E-state index in [1.54, 1.807) is 12.1 Å². The lowest BCUT2D eigenvalue weighted by Gasteiger charge is -2.66. The van der Waals surface area contributed by atoms with Crippen LogP contribution in [0.15, 0.2) is 72.8 Å². The third kappa shape index (κ3) is 3.17. The Bertz CT molecular complexity index is 1440. The van der Waals surface area contributed by atoms with E-state index in [2.05, 4.69) is 21.9 Å². The Morgan fingerprint density at radius 3 is 2.67 bits per heavy atom. The third-order valence-corrected chi connectivity index (χ3v) is 11.5. The van der Waals surface area contributed by atoms with Gasteiger partial charge in [0.05, 0.1) is 0 Å². The normalized spacial score (nSPS) is 34.0. The summed E-state index contributed by atoms with van der Waals surface area (Å²) in [5.41, 5.74) is 4.94. The number of hydrogen-bond acceptors (Lipinski definition) is 3. The van der Waals surface area contributed by atoms with E-state index in [1.165, 1.54) is 23.1 Å². The van der Waals surface area contributed by atoms with Crippen LogP contribution in [0.1, 0.15) is 52.7 Å². The zero-order valence-electron chi connectivity index (χ0n) is 22.2. The number of fused-ring (bicyclic) bond motifs is 1. The highest BCUT2D eigenvalue weighted by molar-refractivity contribution is 5.94. The minimum absolute atomic E-state index is 0.00959. The van der Waals surface area contributed by atoms with Gasteiger partial charge in [-0.15, -0.1) is 0 Å². The van der Waals surface area contributed by atoms with Gasteiger partial charge in [-0.3, -0.25) is 9.69 Å². The number of carbonyl (C=O) groups is 1. The number of nitrogens with zero attached hydrogens (tertiary/aromatic N) is 2. The van der Waals surface area contributed by atoms with Crippen molar-refractivity contribution < 1.29 is 14.3 Å². The van der Waals surface area contributed by atoms with E-state index in [9.17, 15) is 14.3 Å². The Labute approximate surface area is 229 Å². The number of benzene rings is 3. The Balaban J connectivity index is 1.18. The summed E-state index contributed by atoms with van der Waals surface area (Å²) in [5, 5.41) is 10.7. The maximum Gasteiger partial charge on any atom is 0.254 e. The molecule has 0 radical (unpaired) electrons. The number of hydrogen-bond donors (Lipinski definition) is 1. The van der Waals surface area contributed by atoms with Gasteiger partial charge in [-0.2, -0.15) is 0 Å². The first kappa shape index (κ1) is 23.7. The minimum Gasteiger partial charge on any atom is -0.508 e. The highest BCUT2D eigenvalue weighted by Gasteiger charge is 2.76. The molecule has 4 bridgehead atoms. The monoisotopic (exact) mass is 522 g/mol. The van der Waals surface area contributed by atoms with Crippen molar-refractivity contribution in [3.63, 3.8) is 0 Å². The number of halogens is 1. The van der Waals surface area contributed by atoms with E-state index < -0.39 is 0 Å². The molecule has 8 rings (SSSR count). The van der Waals surface area contributed by atoms with Crippen molar-refractivity contribution in [2.75, 3.05) is 19.6 Å². The molecule has 2 heterocycles. The van der Waals surface area contributed by atoms with Crippen LogP contribution in [0.3, 0.4) is 0 Å². The van der Waals surface area contributed by atoms with Crippen LogP contribution < -0.4 is 0 Å².